The molecule has 1 aromatic heterocycles. The molecule has 10 nitrogen and oxygen atoms in total. The third-order valence-electron chi connectivity index (χ3n) is 3.52. The summed E-state index contributed by atoms with van der Waals surface area (Å²) in [6.45, 7) is 3.05. The summed E-state index contributed by atoms with van der Waals surface area (Å²) in [5, 5.41) is 19.0. The second-order valence-electron chi connectivity index (χ2n) is 5.42. The van der Waals surface area contributed by atoms with E-state index in [-0.39, 0.29) is 29.2 Å². The highest BCUT2D eigenvalue weighted by atomic mass is 127. The van der Waals surface area contributed by atoms with Crippen molar-refractivity contribution in [3.05, 3.63) is 37.2 Å². The van der Waals surface area contributed by atoms with E-state index in [0.29, 0.717) is 3.57 Å². The normalized spacial score (nSPS) is 10.4. The third kappa shape index (κ3) is 4.08. The number of carbonyl (C=O) groups excluding carboxylic acids is 1. The second-order valence-corrected chi connectivity index (χ2v) is 6.58. The molecule has 0 fully saturated rings. The molecule has 1 aromatic carbocycles. The lowest BCUT2D eigenvalue weighted by atomic mass is 9.95. The topological polar surface area (TPSA) is 169 Å². The molecule has 2 rings (SSSR count). The van der Waals surface area contributed by atoms with E-state index in [0.717, 1.165) is 0 Å². The zero-order chi connectivity index (χ0) is 21.2. The van der Waals surface area contributed by atoms with E-state index in [1.165, 1.54) is 19.1 Å². The molecule has 28 heavy (non-hydrogen) atoms. The summed E-state index contributed by atoms with van der Waals surface area (Å²) in [5.41, 5.74) is 2.89. The van der Waals surface area contributed by atoms with Crippen molar-refractivity contribution in [1.29, 1.82) is 0 Å². The largest absolute Gasteiger partial charge is 0.490 e. The number of nitrogens with two attached hydrogens (primary N) is 1. The lowest BCUT2D eigenvalue weighted by Gasteiger charge is -2.16. The van der Waals surface area contributed by atoms with E-state index in [2.05, 4.69) is 0 Å². The van der Waals surface area contributed by atoms with Crippen LogP contribution in [0.3, 0.4) is 0 Å². The number of benzene rings is 1. The number of carbonyl (C=O) groups is 3. The van der Waals surface area contributed by atoms with Crippen LogP contribution in [0, 0.1) is 3.57 Å². The van der Waals surface area contributed by atoms with Crippen molar-refractivity contribution in [1.82, 2.24) is 4.98 Å². The molecule has 0 atom stereocenters. The number of hydrogen-bond donors (Lipinski definition) is 4. The van der Waals surface area contributed by atoms with Crippen LogP contribution in [0.2, 0.25) is 0 Å². The van der Waals surface area contributed by atoms with Gasteiger partial charge in [-0.15, -0.1) is 0 Å². The molecule has 0 bridgehead atoms. The Balaban J connectivity index is 2.95. The summed E-state index contributed by atoms with van der Waals surface area (Å²) in [7, 11) is 0. The van der Waals surface area contributed by atoms with E-state index in [1.807, 2.05) is 27.6 Å². The van der Waals surface area contributed by atoms with Gasteiger partial charge in [-0.2, -0.15) is 0 Å². The summed E-state index contributed by atoms with van der Waals surface area (Å²) in [5.74, 6) is -4.09. The van der Waals surface area contributed by atoms with Crippen LogP contribution in [0.4, 0.5) is 5.82 Å². The first-order valence-electron chi connectivity index (χ1n) is 7.75. The molecular formula is C17H15IN2O8. The monoisotopic (exact) mass is 502 g/mol. The summed E-state index contributed by atoms with van der Waals surface area (Å²) in [6.07, 6.45) is 0. The Labute approximate surface area is 171 Å². The number of pyridine rings is 1. The van der Waals surface area contributed by atoms with Gasteiger partial charge in [0.1, 0.15) is 16.9 Å². The predicted octanol–water partition coefficient (Wildman–Crippen LogP) is 1.95. The number of anilines is 1. The lowest BCUT2D eigenvalue weighted by Crippen LogP contribution is -2.24. The van der Waals surface area contributed by atoms with Gasteiger partial charge in [0.05, 0.1) is 10.2 Å². The summed E-state index contributed by atoms with van der Waals surface area (Å²) >= 11 is 1.82. The standard InChI is InChI=1S/C17H15IN2O8/c1-3-27-9-5-7(4-8(18)13(9)28-6(2)21)10-11(16(23)24)14(19)20-15(22)12(10)17(25)26/h4-5H,3H2,1-2H3,(H,23,24)(H,25,26)(H3,19,20,22). The van der Waals surface area contributed by atoms with Gasteiger partial charge >= 0.3 is 17.9 Å². The highest BCUT2D eigenvalue weighted by Crippen LogP contribution is 2.40. The molecular weight excluding hydrogens is 487 g/mol. The Bertz CT molecular complexity index is 1040. The van der Waals surface area contributed by atoms with E-state index in [9.17, 15) is 29.4 Å². The van der Waals surface area contributed by atoms with Gasteiger partial charge in [0.2, 0.25) is 0 Å². The Morgan fingerprint density at radius 3 is 2.29 bits per heavy atom. The van der Waals surface area contributed by atoms with Gasteiger partial charge in [0.15, 0.2) is 11.5 Å². The number of ether oxygens (including phenoxy) is 2. The number of nitrogens with one attached hydrogen (secondary N) is 1. The molecule has 0 spiro atoms. The van der Waals surface area contributed by atoms with Gasteiger partial charge in [-0.25, -0.2) is 9.59 Å². The van der Waals surface area contributed by atoms with Gasteiger partial charge in [0.25, 0.3) is 5.56 Å². The van der Waals surface area contributed by atoms with Crippen LogP contribution in [0.15, 0.2) is 16.9 Å². The first-order valence-corrected chi connectivity index (χ1v) is 8.83. The summed E-state index contributed by atoms with van der Waals surface area (Å²) in [6, 6.07) is 2.66. The van der Waals surface area contributed by atoms with Crippen LogP contribution >= 0.6 is 22.6 Å². The zero-order valence-corrected chi connectivity index (χ0v) is 16.8. The van der Waals surface area contributed by atoms with Crippen molar-refractivity contribution >= 4 is 46.3 Å². The number of carboxylic acids is 2. The van der Waals surface area contributed by atoms with E-state index >= 15 is 0 Å². The summed E-state index contributed by atoms with van der Waals surface area (Å²) < 4.78 is 10.9. The number of hydrogen-bond acceptors (Lipinski definition) is 7. The fraction of sp³-hybridized carbons (Fsp3) is 0.176. The average molecular weight is 502 g/mol. The number of nitrogen functional groups attached to an aromatic ring is 1. The highest BCUT2D eigenvalue weighted by molar-refractivity contribution is 14.1. The van der Waals surface area contributed by atoms with Crippen molar-refractivity contribution in [2.75, 3.05) is 12.3 Å². The van der Waals surface area contributed by atoms with Gasteiger partial charge < -0.3 is 30.4 Å². The molecule has 0 radical (unpaired) electrons. The smallest absolute Gasteiger partial charge is 0.342 e. The van der Waals surface area contributed by atoms with E-state index in [1.54, 1.807) is 6.92 Å². The van der Waals surface area contributed by atoms with Crippen molar-refractivity contribution < 1.29 is 34.1 Å². The van der Waals surface area contributed by atoms with Gasteiger partial charge in [-0.05, 0) is 47.2 Å². The first-order chi connectivity index (χ1) is 13.1. The number of H-pyrrole nitrogens is 1. The molecule has 0 unspecified atom stereocenters. The Morgan fingerprint density at radius 1 is 1.18 bits per heavy atom. The van der Waals surface area contributed by atoms with Crippen LogP contribution in [0.5, 0.6) is 11.5 Å². The molecule has 1 heterocycles. The van der Waals surface area contributed by atoms with Crippen molar-refractivity contribution in [2.45, 2.75) is 13.8 Å². The summed E-state index contributed by atoms with van der Waals surface area (Å²) in [4.78, 5) is 48.9. The Hall–Kier alpha value is -3.09. The minimum atomic E-state index is -1.63. The SMILES string of the molecule is CCOc1cc(-c2c(C(=O)O)c(N)[nH]c(=O)c2C(=O)O)cc(I)c1OC(C)=O. The van der Waals surface area contributed by atoms with Crippen LogP contribution in [-0.2, 0) is 4.79 Å². The van der Waals surface area contributed by atoms with Gasteiger partial charge in [-0.1, -0.05) is 0 Å². The molecule has 11 heteroatoms. The van der Waals surface area contributed by atoms with Crippen molar-refractivity contribution in [3.8, 4) is 22.6 Å². The number of aromatic nitrogens is 1. The Kier molecular flexibility index (Phi) is 6.28. The molecule has 0 aliphatic carbocycles. The third-order valence-corrected chi connectivity index (χ3v) is 4.32. The molecule has 2 aromatic rings. The van der Waals surface area contributed by atoms with Crippen LogP contribution in [0.1, 0.15) is 34.6 Å². The maximum absolute atomic E-state index is 12.1. The highest BCUT2D eigenvalue weighted by Gasteiger charge is 2.28. The van der Waals surface area contributed by atoms with Gasteiger partial charge in [-0.3, -0.25) is 9.59 Å². The molecule has 0 saturated carbocycles. The number of aromatic carboxylic acids is 2. The van der Waals surface area contributed by atoms with Gasteiger partial charge in [0, 0.05) is 12.5 Å². The van der Waals surface area contributed by atoms with Crippen molar-refractivity contribution in [3.63, 3.8) is 0 Å². The molecule has 148 valence electrons. The average Bonchev–Trinajstić information content (AvgIpc) is 2.56. The minimum absolute atomic E-state index is 0.0522. The maximum Gasteiger partial charge on any atom is 0.342 e. The lowest BCUT2D eigenvalue weighted by molar-refractivity contribution is -0.132. The minimum Gasteiger partial charge on any atom is -0.490 e. The van der Waals surface area contributed by atoms with Crippen LogP contribution in [0.25, 0.3) is 11.1 Å². The first kappa shape index (κ1) is 21.2. The molecule has 0 saturated heterocycles. The molecule has 0 amide bonds. The number of aromatic amines is 1. The second kappa shape index (κ2) is 8.29. The number of esters is 1. The Morgan fingerprint density at radius 2 is 1.79 bits per heavy atom. The van der Waals surface area contributed by atoms with E-state index in [4.69, 9.17) is 15.2 Å². The van der Waals surface area contributed by atoms with Crippen LogP contribution < -0.4 is 20.8 Å². The number of carboxylic acid groups (broad SMARTS) is 2. The fourth-order valence-electron chi connectivity index (χ4n) is 2.55. The van der Waals surface area contributed by atoms with E-state index < -0.39 is 40.4 Å². The molecule has 0 aliphatic rings. The zero-order valence-electron chi connectivity index (χ0n) is 14.7. The molecule has 5 N–H and O–H groups in total. The number of halogens is 1. The number of rotatable bonds is 6. The quantitative estimate of drug-likeness (QED) is 0.262. The predicted molar refractivity (Wildman–Crippen MR) is 106 cm³/mol. The molecule has 0 aliphatic heterocycles. The fourth-order valence-corrected chi connectivity index (χ4v) is 3.26. The van der Waals surface area contributed by atoms with Crippen LogP contribution in [-0.4, -0.2) is 39.7 Å². The van der Waals surface area contributed by atoms with Crippen molar-refractivity contribution in [2.24, 2.45) is 0 Å². The maximum atomic E-state index is 12.1.